The standard InChI is InChI=1S/C15H24N2O4/c1-8-6-17(7-9(2)21-8)15(20)16-13-11-4-3-10(5-11)12(13)14(18)19/h8-13H,3-7H2,1-2H3,(H,16,20)(H,18,19). The summed E-state index contributed by atoms with van der Waals surface area (Å²) >= 11 is 0. The van der Waals surface area contributed by atoms with Gasteiger partial charge in [0.25, 0.3) is 0 Å². The average molecular weight is 296 g/mol. The molecule has 3 aliphatic rings. The number of carbonyl (C=O) groups excluding carboxylic acids is 1. The molecule has 2 aliphatic carbocycles. The van der Waals surface area contributed by atoms with Gasteiger partial charge in [-0.2, -0.15) is 0 Å². The minimum Gasteiger partial charge on any atom is -0.481 e. The lowest BCUT2D eigenvalue weighted by Gasteiger charge is -2.37. The number of carboxylic acid groups (broad SMARTS) is 1. The number of morpholine rings is 1. The highest BCUT2D eigenvalue weighted by Crippen LogP contribution is 2.48. The lowest BCUT2D eigenvalue weighted by molar-refractivity contribution is -0.144. The number of hydrogen-bond donors (Lipinski definition) is 2. The number of ether oxygens (including phenoxy) is 1. The van der Waals surface area contributed by atoms with Gasteiger partial charge in [0.05, 0.1) is 18.1 Å². The highest BCUT2D eigenvalue weighted by atomic mass is 16.5. The van der Waals surface area contributed by atoms with Crippen molar-refractivity contribution in [2.24, 2.45) is 17.8 Å². The van der Waals surface area contributed by atoms with Crippen LogP contribution in [-0.4, -0.2) is 53.3 Å². The van der Waals surface area contributed by atoms with E-state index < -0.39 is 11.9 Å². The fraction of sp³-hybridized carbons (Fsp3) is 0.867. The van der Waals surface area contributed by atoms with Crippen LogP contribution in [0.2, 0.25) is 0 Å². The molecular weight excluding hydrogens is 272 g/mol. The summed E-state index contributed by atoms with van der Waals surface area (Å²) in [5.74, 6) is -0.615. The van der Waals surface area contributed by atoms with E-state index in [1.54, 1.807) is 4.90 Å². The van der Waals surface area contributed by atoms with E-state index in [1.807, 2.05) is 13.8 Å². The molecule has 118 valence electrons. The maximum Gasteiger partial charge on any atom is 0.317 e. The second kappa shape index (κ2) is 5.48. The Kier molecular flexibility index (Phi) is 3.82. The molecule has 6 nitrogen and oxygen atoms in total. The molecular formula is C15H24N2O4. The number of hydrogen-bond acceptors (Lipinski definition) is 3. The van der Waals surface area contributed by atoms with Gasteiger partial charge in [0.15, 0.2) is 0 Å². The maximum absolute atomic E-state index is 12.5. The first kappa shape index (κ1) is 14.6. The molecule has 6 heteroatoms. The van der Waals surface area contributed by atoms with Gasteiger partial charge < -0.3 is 20.1 Å². The van der Waals surface area contributed by atoms with Gasteiger partial charge in [0.2, 0.25) is 0 Å². The number of carboxylic acids is 1. The van der Waals surface area contributed by atoms with Crippen molar-refractivity contribution in [3.05, 3.63) is 0 Å². The van der Waals surface area contributed by atoms with E-state index in [0.29, 0.717) is 19.0 Å². The predicted octanol–water partition coefficient (Wildman–Crippen LogP) is 1.30. The molecule has 3 fully saturated rings. The largest absolute Gasteiger partial charge is 0.481 e. The highest BCUT2D eigenvalue weighted by molar-refractivity contribution is 5.77. The summed E-state index contributed by atoms with van der Waals surface area (Å²) in [7, 11) is 0. The molecule has 1 heterocycles. The van der Waals surface area contributed by atoms with Crippen LogP contribution in [-0.2, 0) is 9.53 Å². The van der Waals surface area contributed by atoms with Crippen LogP contribution < -0.4 is 5.32 Å². The van der Waals surface area contributed by atoms with Crippen molar-refractivity contribution >= 4 is 12.0 Å². The van der Waals surface area contributed by atoms with Crippen molar-refractivity contribution in [1.82, 2.24) is 10.2 Å². The van der Waals surface area contributed by atoms with Crippen LogP contribution in [0.25, 0.3) is 0 Å². The van der Waals surface area contributed by atoms with Crippen LogP contribution in [0.15, 0.2) is 0 Å². The third-order valence-corrected chi connectivity index (χ3v) is 5.20. The highest BCUT2D eigenvalue weighted by Gasteiger charge is 2.51. The van der Waals surface area contributed by atoms with Crippen LogP contribution in [0, 0.1) is 17.8 Å². The Labute approximate surface area is 124 Å². The Balaban J connectivity index is 1.65. The molecule has 6 atom stereocenters. The van der Waals surface area contributed by atoms with E-state index in [1.165, 1.54) is 0 Å². The smallest absolute Gasteiger partial charge is 0.317 e. The van der Waals surface area contributed by atoms with Gasteiger partial charge in [-0.3, -0.25) is 4.79 Å². The first-order chi connectivity index (χ1) is 9.95. The quantitative estimate of drug-likeness (QED) is 0.805. The molecule has 6 unspecified atom stereocenters. The number of aliphatic carboxylic acids is 1. The second-order valence-corrected chi connectivity index (χ2v) is 6.83. The summed E-state index contributed by atoms with van der Waals surface area (Å²) in [5, 5.41) is 12.4. The first-order valence-corrected chi connectivity index (χ1v) is 7.89. The Morgan fingerprint density at radius 3 is 2.38 bits per heavy atom. The summed E-state index contributed by atoms with van der Waals surface area (Å²) in [6.07, 6.45) is 3.01. The Bertz CT molecular complexity index is 431. The molecule has 2 N–H and O–H groups in total. The predicted molar refractivity (Wildman–Crippen MR) is 75.9 cm³/mol. The van der Waals surface area contributed by atoms with E-state index in [4.69, 9.17) is 4.74 Å². The van der Waals surface area contributed by atoms with Crippen LogP contribution in [0.5, 0.6) is 0 Å². The van der Waals surface area contributed by atoms with Crippen LogP contribution in [0.3, 0.4) is 0 Å². The van der Waals surface area contributed by atoms with Gasteiger partial charge in [-0.05, 0) is 44.9 Å². The van der Waals surface area contributed by atoms with Crippen molar-refractivity contribution in [1.29, 1.82) is 0 Å². The van der Waals surface area contributed by atoms with E-state index in [2.05, 4.69) is 5.32 Å². The summed E-state index contributed by atoms with van der Waals surface area (Å²) in [4.78, 5) is 25.7. The number of nitrogens with zero attached hydrogens (tertiary/aromatic N) is 1. The summed E-state index contributed by atoms with van der Waals surface area (Å²) in [6.45, 7) is 5.03. The number of rotatable bonds is 2. The number of amides is 2. The topological polar surface area (TPSA) is 78.9 Å². The molecule has 0 spiro atoms. The van der Waals surface area contributed by atoms with Gasteiger partial charge in [-0.25, -0.2) is 4.79 Å². The summed E-state index contributed by atoms with van der Waals surface area (Å²) in [5.41, 5.74) is 0. The number of nitrogens with one attached hydrogen (secondary N) is 1. The SMILES string of the molecule is CC1CN(C(=O)NC2C3CCC(C3)C2C(=O)O)CC(C)O1. The average Bonchev–Trinajstić information content (AvgIpc) is 2.97. The Morgan fingerprint density at radius 2 is 1.76 bits per heavy atom. The van der Waals surface area contributed by atoms with Crippen molar-refractivity contribution in [2.45, 2.75) is 51.4 Å². The molecule has 2 bridgehead atoms. The van der Waals surface area contributed by atoms with Crippen molar-refractivity contribution in [2.75, 3.05) is 13.1 Å². The second-order valence-electron chi connectivity index (χ2n) is 6.83. The summed E-state index contributed by atoms with van der Waals surface area (Å²) in [6, 6.07) is -0.344. The van der Waals surface area contributed by atoms with Crippen molar-refractivity contribution in [3.63, 3.8) is 0 Å². The zero-order valence-electron chi connectivity index (χ0n) is 12.6. The summed E-state index contributed by atoms with van der Waals surface area (Å²) < 4.78 is 5.63. The minimum atomic E-state index is -0.767. The molecule has 0 radical (unpaired) electrons. The fourth-order valence-electron chi connectivity index (χ4n) is 4.43. The maximum atomic E-state index is 12.5. The normalized spacial score (nSPS) is 42.1. The zero-order valence-corrected chi connectivity index (χ0v) is 12.6. The third kappa shape index (κ3) is 2.73. The monoisotopic (exact) mass is 296 g/mol. The van der Waals surface area contributed by atoms with Gasteiger partial charge >= 0.3 is 12.0 Å². The molecule has 1 aliphatic heterocycles. The minimum absolute atomic E-state index is 0.0230. The van der Waals surface area contributed by atoms with Crippen LogP contribution in [0.4, 0.5) is 4.79 Å². The molecule has 0 aromatic rings. The van der Waals surface area contributed by atoms with E-state index >= 15 is 0 Å². The van der Waals surface area contributed by atoms with Gasteiger partial charge in [0.1, 0.15) is 0 Å². The molecule has 1 saturated heterocycles. The van der Waals surface area contributed by atoms with E-state index in [-0.39, 0.29) is 30.2 Å². The van der Waals surface area contributed by atoms with Gasteiger partial charge in [-0.1, -0.05) is 0 Å². The lowest BCUT2D eigenvalue weighted by Crippen LogP contribution is -2.56. The first-order valence-electron chi connectivity index (χ1n) is 7.89. The Morgan fingerprint density at radius 1 is 1.14 bits per heavy atom. The number of urea groups is 1. The van der Waals surface area contributed by atoms with E-state index in [0.717, 1.165) is 19.3 Å². The Hall–Kier alpha value is -1.30. The van der Waals surface area contributed by atoms with E-state index in [9.17, 15) is 14.7 Å². The van der Waals surface area contributed by atoms with Crippen LogP contribution >= 0.6 is 0 Å². The molecule has 21 heavy (non-hydrogen) atoms. The number of fused-ring (bicyclic) bond motifs is 2. The van der Waals surface area contributed by atoms with Gasteiger partial charge in [-0.15, -0.1) is 0 Å². The molecule has 2 saturated carbocycles. The third-order valence-electron chi connectivity index (χ3n) is 5.20. The van der Waals surface area contributed by atoms with Crippen molar-refractivity contribution in [3.8, 4) is 0 Å². The zero-order chi connectivity index (χ0) is 15.1. The number of carbonyl (C=O) groups is 2. The molecule has 0 aromatic heterocycles. The van der Waals surface area contributed by atoms with Crippen molar-refractivity contribution < 1.29 is 19.4 Å². The fourth-order valence-corrected chi connectivity index (χ4v) is 4.43. The molecule has 2 amide bonds. The molecule has 3 rings (SSSR count). The van der Waals surface area contributed by atoms with Gasteiger partial charge in [0, 0.05) is 19.1 Å². The lowest BCUT2D eigenvalue weighted by atomic mass is 9.84. The van der Waals surface area contributed by atoms with Crippen LogP contribution in [0.1, 0.15) is 33.1 Å². The molecule has 0 aromatic carbocycles.